The molecule has 0 aliphatic rings. The predicted octanol–water partition coefficient (Wildman–Crippen LogP) is 3.79. The third kappa shape index (κ3) is 5.84. The summed E-state index contributed by atoms with van der Waals surface area (Å²) >= 11 is 3.39. The summed E-state index contributed by atoms with van der Waals surface area (Å²) in [6.07, 6.45) is 2.53. The number of nitro benzene ring substituents is 1. The Kier molecular flexibility index (Phi) is 6.80. The van der Waals surface area contributed by atoms with Crippen LogP contribution in [0.1, 0.15) is 6.42 Å². The topological polar surface area (TPSA) is 134 Å². The van der Waals surface area contributed by atoms with Crippen LogP contribution in [0.25, 0.3) is 10.9 Å². The molecule has 0 amide bonds. The van der Waals surface area contributed by atoms with Crippen LogP contribution >= 0.6 is 15.9 Å². The van der Waals surface area contributed by atoms with Gasteiger partial charge in [0.15, 0.2) is 5.75 Å². The number of rotatable bonds is 9. The number of hydrogen-bond acceptors (Lipinski definition) is 9. The van der Waals surface area contributed by atoms with Crippen molar-refractivity contribution in [3.8, 4) is 5.75 Å². The molecule has 1 N–H and O–H groups in total. The second kappa shape index (κ2) is 9.32. The van der Waals surface area contributed by atoms with E-state index in [0.717, 1.165) is 16.4 Å². The van der Waals surface area contributed by atoms with Crippen LogP contribution in [0.15, 0.2) is 47.2 Å². The SMILES string of the molecule is CS(=O)(=O)OCCCOc1cc2ncnc(Nc3cccc(Br)c3)c2cc1[N+](=O)[O-]. The van der Waals surface area contributed by atoms with E-state index in [1.54, 1.807) is 0 Å². The Labute approximate surface area is 180 Å². The van der Waals surface area contributed by atoms with E-state index in [1.807, 2.05) is 24.3 Å². The Hall–Kier alpha value is -2.83. The summed E-state index contributed by atoms with van der Waals surface area (Å²) in [4.78, 5) is 19.4. The van der Waals surface area contributed by atoms with Gasteiger partial charge in [-0.25, -0.2) is 9.97 Å². The summed E-state index contributed by atoms with van der Waals surface area (Å²) < 4.78 is 32.9. The van der Waals surface area contributed by atoms with Gasteiger partial charge >= 0.3 is 5.69 Å². The summed E-state index contributed by atoms with van der Waals surface area (Å²) in [6.45, 7) is -0.0425. The number of nitro groups is 1. The quantitative estimate of drug-likeness (QED) is 0.203. The van der Waals surface area contributed by atoms with Crippen LogP contribution in [0, 0.1) is 10.1 Å². The van der Waals surface area contributed by atoms with E-state index in [2.05, 4.69) is 35.4 Å². The van der Waals surface area contributed by atoms with E-state index in [1.165, 1.54) is 18.5 Å². The Morgan fingerprint density at radius 1 is 1.20 bits per heavy atom. The molecule has 0 saturated heterocycles. The van der Waals surface area contributed by atoms with Crippen molar-refractivity contribution in [1.29, 1.82) is 0 Å². The molecule has 0 spiro atoms. The number of hydrogen-bond donors (Lipinski definition) is 1. The lowest BCUT2D eigenvalue weighted by molar-refractivity contribution is -0.385. The lowest BCUT2D eigenvalue weighted by Crippen LogP contribution is -2.08. The molecule has 0 fully saturated rings. The van der Waals surface area contributed by atoms with Crippen molar-refractivity contribution in [2.24, 2.45) is 0 Å². The van der Waals surface area contributed by atoms with Crippen molar-refractivity contribution in [2.45, 2.75) is 6.42 Å². The van der Waals surface area contributed by atoms with Crippen molar-refractivity contribution >= 4 is 54.1 Å². The number of nitrogens with one attached hydrogen (secondary N) is 1. The molecule has 1 aromatic heterocycles. The lowest BCUT2D eigenvalue weighted by atomic mass is 10.2. The van der Waals surface area contributed by atoms with Crippen molar-refractivity contribution in [2.75, 3.05) is 24.8 Å². The molecular weight excluding hydrogens is 480 g/mol. The summed E-state index contributed by atoms with van der Waals surface area (Å²) in [5.74, 6) is 0.438. The first-order chi connectivity index (χ1) is 14.2. The Morgan fingerprint density at radius 2 is 2.00 bits per heavy atom. The van der Waals surface area contributed by atoms with Gasteiger partial charge < -0.3 is 10.1 Å². The molecule has 0 radical (unpaired) electrons. The van der Waals surface area contributed by atoms with Gasteiger partial charge in [0.1, 0.15) is 12.1 Å². The maximum Gasteiger partial charge on any atom is 0.311 e. The maximum absolute atomic E-state index is 11.6. The van der Waals surface area contributed by atoms with Gasteiger partial charge in [-0.05, 0) is 18.2 Å². The van der Waals surface area contributed by atoms with Crippen LogP contribution < -0.4 is 10.1 Å². The molecule has 0 aliphatic carbocycles. The summed E-state index contributed by atoms with van der Waals surface area (Å²) in [5, 5.41) is 15.1. The largest absolute Gasteiger partial charge is 0.487 e. The molecule has 30 heavy (non-hydrogen) atoms. The first kappa shape index (κ1) is 21.9. The standard InChI is InChI=1S/C18H17BrN4O6S/c1-30(26,27)29-7-3-6-28-17-10-15-14(9-16(17)23(24)25)18(21-11-20-15)22-13-5-2-4-12(19)8-13/h2,4-5,8-11H,3,6-7H2,1H3,(H,20,21,22). The van der Waals surface area contributed by atoms with E-state index in [4.69, 9.17) is 4.74 Å². The predicted molar refractivity (Wildman–Crippen MR) is 115 cm³/mol. The number of nitrogens with zero attached hydrogens (tertiary/aromatic N) is 3. The van der Waals surface area contributed by atoms with Crippen LogP contribution in [0.5, 0.6) is 5.75 Å². The van der Waals surface area contributed by atoms with Crippen LogP contribution in [-0.2, 0) is 14.3 Å². The van der Waals surface area contributed by atoms with Gasteiger partial charge in [-0.15, -0.1) is 0 Å². The monoisotopic (exact) mass is 496 g/mol. The zero-order valence-corrected chi connectivity index (χ0v) is 18.1. The average molecular weight is 497 g/mol. The first-order valence-corrected chi connectivity index (χ1v) is 11.3. The third-order valence-corrected chi connectivity index (χ3v) is 4.93. The van der Waals surface area contributed by atoms with E-state index in [0.29, 0.717) is 16.7 Å². The number of anilines is 2. The zero-order chi connectivity index (χ0) is 21.7. The summed E-state index contributed by atoms with van der Waals surface area (Å²) in [6, 6.07) is 10.2. The fourth-order valence-electron chi connectivity index (χ4n) is 2.58. The first-order valence-electron chi connectivity index (χ1n) is 8.66. The summed E-state index contributed by atoms with van der Waals surface area (Å²) in [7, 11) is -3.54. The van der Waals surface area contributed by atoms with Gasteiger partial charge in [0, 0.05) is 28.7 Å². The molecule has 2 aromatic carbocycles. The van der Waals surface area contributed by atoms with Gasteiger partial charge in [-0.1, -0.05) is 22.0 Å². The highest BCUT2D eigenvalue weighted by atomic mass is 79.9. The summed E-state index contributed by atoms with van der Waals surface area (Å²) in [5.41, 5.74) is 0.951. The van der Waals surface area contributed by atoms with Crippen molar-refractivity contribution in [3.63, 3.8) is 0 Å². The zero-order valence-electron chi connectivity index (χ0n) is 15.7. The number of aromatic nitrogens is 2. The highest BCUT2D eigenvalue weighted by molar-refractivity contribution is 9.10. The molecule has 0 unspecified atom stereocenters. The second-order valence-electron chi connectivity index (χ2n) is 6.18. The molecule has 0 bridgehead atoms. The van der Waals surface area contributed by atoms with E-state index < -0.39 is 15.0 Å². The fourth-order valence-corrected chi connectivity index (χ4v) is 3.40. The average Bonchev–Trinajstić information content (AvgIpc) is 2.66. The van der Waals surface area contributed by atoms with E-state index in [-0.39, 0.29) is 31.1 Å². The molecule has 158 valence electrons. The highest BCUT2D eigenvalue weighted by Gasteiger charge is 2.19. The van der Waals surface area contributed by atoms with Crippen molar-refractivity contribution in [3.05, 3.63) is 57.3 Å². The van der Waals surface area contributed by atoms with Crippen LogP contribution in [0.4, 0.5) is 17.2 Å². The van der Waals surface area contributed by atoms with Gasteiger partial charge in [0.05, 0.1) is 35.3 Å². The molecule has 0 aliphatic heterocycles. The number of fused-ring (bicyclic) bond motifs is 1. The molecule has 12 heteroatoms. The van der Waals surface area contributed by atoms with Gasteiger partial charge in [-0.3, -0.25) is 14.3 Å². The molecule has 0 saturated carbocycles. The minimum absolute atomic E-state index is 0.0268. The number of ether oxygens (including phenoxy) is 1. The van der Waals surface area contributed by atoms with E-state index in [9.17, 15) is 18.5 Å². The van der Waals surface area contributed by atoms with Crippen molar-refractivity contribution in [1.82, 2.24) is 9.97 Å². The van der Waals surface area contributed by atoms with Crippen LogP contribution in [0.2, 0.25) is 0 Å². The van der Waals surface area contributed by atoms with Gasteiger partial charge in [0.25, 0.3) is 10.1 Å². The molecule has 3 rings (SSSR count). The number of halogens is 1. The Balaban J connectivity index is 1.85. The van der Waals surface area contributed by atoms with E-state index >= 15 is 0 Å². The number of benzene rings is 2. The minimum atomic E-state index is -3.54. The highest BCUT2D eigenvalue weighted by Crippen LogP contribution is 2.34. The van der Waals surface area contributed by atoms with Crippen LogP contribution in [0.3, 0.4) is 0 Å². The van der Waals surface area contributed by atoms with Gasteiger partial charge in [0.2, 0.25) is 0 Å². The minimum Gasteiger partial charge on any atom is -0.487 e. The molecular formula is C18H17BrN4O6S. The fraction of sp³-hybridized carbons (Fsp3) is 0.222. The molecule has 10 nitrogen and oxygen atoms in total. The van der Waals surface area contributed by atoms with Crippen LogP contribution in [-0.4, -0.2) is 42.8 Å². The maximum atomic E-state index is 11.6. The normalized spacial score (nSPS) is 11.4. The van der Waals surface area contributed by atoms with Crippen molar-refractivity contribution < 1.29 is 22.3 Å². The Morgan fingerprint density at radius 3 is 2.70 bits per heavy atom. The van der Waals surface area contributed by atoms with Gasteiger partial charge in [-0.2, -0.15) is 8.42 Å². The molecule has 0 atom stereocenters. The molecule has 3 aromatic rings. The molecule has 1 heterocycles. The second-order valence-corrected chi connectivity index (χ2v) is 8.74. The third-order valence-electron chi connectivity index (χ3n) is 3.84. The lowest BCUT2D eigenvalue weighted by Gasteiger charge is -2.11. The Bertz CT molecular complexity index is 1190. The smallest absolute Gasteiger partial charge is 0.311 e.